The summed E-state index contributed by atoms with van der Waals surface area (Å²) in [5.41, 5.74) is -0.510. The van der Waals surface area contributed by atoms with Crippen molar-refractivity contribution in [1.82, 2.24) is 26.2 Å². The average molecular weight is 613 g/mol. The standard InChI is InChI=1S/C29H43Cl2N5O5/c1-6-8-14-19(23(37)25(39)32-15-7-2)33-24(38)22-20-18(29(20,30)31)16-36(22)26(40)21(17-12-10-9-11-13-17)34-27(41)35-28(3,4)5/h6-7,17-22H,1-2,8-16H2,3-5H3,(H,32,39)(H,33,38)(H2,34,35,41)/t18?,19?,20-,21-,22-/m0/s1. The predicted molar refractivity (Wildman–Crippen MR) is 158 cm³/mol. The maximum Gasteiger partial charge on any atom is 0.315 e. The highest BCUT2D eigenvalue weighted by Gasteiger charge is 2.74. The number of hydrogen-bond acceptors (Lipinski definition) is 5. The first-order valence-electron chi connectivity index (χ1n) is 14.3. The largest absolute Gasteiger partial charge is 0.346 e. The summed E-state index contributed by atoms with van der Waals surface area (Å²) >= 11 is 13.0. The zero-order valence-electron chi connectivity index (χ0n) is 24.1. The lowest BCUT2D eigenvalue weighted by Crippen LogP contribution is -2.61. The Morgan fingerprint density at radius 3 is 2.27 bits per heavy atom. The van der Waals surface area contributed by atoms with E-state index in [4.69, 9.17) is 23.2 Å². The van der Waals surface area contributed by atoms with E-state index >= 15 is 0 Å². The Labute approximate surface area is 252 Å². The second-order valence-corrected chi connectivity index (χ2v) is 13.7. The lowest BCUT2D eigenvalue weighted by Gasteiger charge is -2.37. The van der Waals surface area contributed by atoms with Crippen molar-refractivity contribution >= 4 is 52.7 Å². The Balaban J connectivity index is 1.85. The number of carbonyl (C=O) groups is 5. The molecular formula is C29H43Cl2N5O5. The molecule has 5 atom stereocenters. The van der Waals surface area contributed by atoms with Crippen molar-refractivity contribution in [3.63, 3.8) is 0 Å². The zero-order chi connectivity index (χ0) is 30.5. The van der Waals surface area contributed by atoms with Gasteiger partial charge in [0.25, 0.3) is 5.91 Å². The zero-order valence-corrected chi connectivity index (χ0v) is 25.7. The summed E-state index contributed by atoms with van der Waals surface area (Å²) in [6.07, 6.45) is 8.05. The number of fused-ring (bicyclic) bond motifs is 1. The van der Waals surface area contributed by atoms with Crippen LogP contribution in [0.1, 0.15) is 65.7 Å². The van der Waals surface area contributed by atoms with E-state index in [2.05, 4.69) is 34.4 Å². The molecule has 12 heteroatoms. The molecule has 4 N–H and O–H groups in total. The number of allylic oxidation sites excluding steroid dienone is 1. The van der Waals surface area contributed by atoms with Crippen LogP contribution in [0.4, 0.5) is 4.79 Å². The molecule has 0 aromatic carbocycles. The minimum absolute atomic E-state index is 0.0881. The number of carbonyl (C=O) groups excluding carboxylic acids is 5. The summed E-state index contributed by atoms with van der Waals surface area (Å²) in [6, 6.07) is -3.49. The topological polar surface area (TPSA) is 137 Å². The molecule has 0 aromatic heterocycles. The maximum absolute atomic E-state index is 14.1. The highest BCUT2D eigenvalue weighted by molar-refractivity contribution is 6.51. The van der Waals surface area contributed by atoms with Crippen molar-refractivity contribution < 1.29 is 24.0 Å². The highest BCUT2D eigenvalue weighted by atomic mass is 35.5. The molecule has 3 aliphatic rings. The van der Waals surface area contributed by atoms with Crippen molar-refractivity contribution in [2.24, 2.45) is 17.8 Å². The normalized spacial score (nSPS) is 24.7. The number of piperidine rings is 1. The molecule has 3 fully saturated rings. The van der Waals surface area contributed by atoms with Crippen LogP contribution in [0, 0.1) is 17.8 Å². The van der Waals surface area contributed by atoms with Crippen LogP contribution < -0.4 is 21.3 Å². The van der Waals surface area contributed by atoms with Crippen molar-refractivity contribution in [3.05, 3.63) is 25.3 Å². The maximum atomic E-state index is 14.1. The number of ketones is 1. The number of halogens is 2. The van der Waals surface area contributed by atoms with Crippen LogP contribution in [0.5, 0.6) is 0 Å². The van der Waals surface area contributed by atoms with E-state index < -0.39 is 57.5 Å². The van der Waals surface area contributed by atoms with Crippen LogP contribution in [0.2, 0.25) is 0 Å². The first-order chi connectivity index (χ1) is 19.2. The van der Waals surface area contributed by atoms with Gasteiger partial charge in [-0.2, -0.15) is 0 Å². The fraction of sp³-hybridized carbons (Fsp3) is 0.690. The molecule has 0 spiro atoms. The molecule has 1 heterocycles. The summed E-state index contributed by atoms with van der Waals surface area (Å²) in [6.45, 7) is 13.0. The predicted octanol–water partition coefficient (Wildman–Crippen LogP) is 2.99. The molecule has 1 saturated heterocycles. The van der Waals surface area contributed by atoms with Gasteiger partial charge in [0.2, 0.25) is 17.6 Å². The van der Waals surface area contributed by atoms with Crippen LogP contribution in [0.3, 0.4) is 0 Å². The number of urea groups is 1. The summed E-state index contributed by atoms with van der Waals surface area (Å²) in [4.78, 5) is 67.5. The lowest BCUT2D eigenvalue weighted by molar-refractivity contribution is -0.144. The van der Waals surface area contributed by atoms with Crippen LogP contribution in [-0.2, 0) is 19.2 Å². The number of nitrogens with zero attached hydrogens (tertiary/aromatic N) is 1. The molecule has 0 aromatic rings. The van der Waals surface area contributed by atoms with Gasteiger partial charge in [0.05, 0.1) is 6.04 Å². The van der Waals surface area contributed by atoms with Gasteiger partial charge in [0.1, 0.15) is 16.4 Å². The number of amides is 5. The molecule has 228 valence electrons. The number of nitrogens with one attached hydrogen (secondary N) is 4. The lowest BCUT2D eigenvalue weighted by atomic mass is 9.83. The Kier molecular flexibility index (Phi) is 10.9. The van der Waals surface area contributed by atoms with E-state index in [1.807, 2.05) is 20.8 Å². The van der Waals surface area contributed by atoms with Gasteiger partial charge < -0.3 is 26.2 Å². The van der Waals surface area contributed by atoms with Gasteiger partial charge >= 0.3 is 6.03 Å². The molecule has 2 saturated carbocycles. The van der Waals surface area contributed by atoms with Gasteiger partial charge in [-0.15, -0.1) is 36.4 Å². The quantitative estimate of drug-likeness (QED) is 0.153. The van der Waals surface area contributed by atoms with E-state index in [1.54, 1.807) is 6.08 Å². The minimum atomic E-state index is -1.20. The molecule has 0 bridgehead atoms. The Hall–Kier alpha value is -2.59. The Bertz CT molecular complexity index is 1050. The monoisotopic (exact) mass is 611 g/mol. The van der Waals surface area contributed by atoms with Crippen LogP contribution in [0.25, 0.3) is 0 Å². The smallest absolute Gasteiger partial charge is 0.315 e. The molecule has 10 nitrogen and oxygen atoms in total. The third-order valence-electron chi connectivity index (χ3n) is 7.97. The van der Waals surface area contributed by atoms with Gasteiger partial charge in [-0.05, 0) is 52.4 Å². The molecule has 1 aliphatic heterocycles. The first kappa shape index (κ1) is 32.9. The van der Waals surface area contributed by atoms with Gasteiger partial charge in [-0.3, -0.25) is 19.2 Å². The summed E-state index contributed by atoms with van der Waals surface area (Å²) in [7, 11) is 0. The number of hydrogen-bond donors (Lipinski definition) is 4. The van der Waals surface area contributed by atoms with Gasteiger partial charge in [-0.1, -0.05) is 31.4 Å². The summed E-state index contributed by atoms with van der Waals surface area (Å²) in [5, 5.41) is 10.9. The van der Waals surface area contributed by atoms with Gasteiger partial charge in [-0.25, -0.2) is 4.79 Å². The SMILES string of the molecule is C=CCCC(NC(=O)[C@@H]1[C@@H]2C(CN1C(=O)[C@@H](NC(=O)NC(C)(C)C)C1CCCCC1)C2(Cl)Cl)C(=O)C(=O)NCC=C. The van der Waals surface area contributed by atoms with Gasteiger partial charge in [0.15, 0.2) is 0 Å². The van der Waals surface area contributed by atoms with E-state index in [-0.39, 0.29) is 37.3 Å². The van der Waals surface area contributed by atoms with Crippen molar-refractivity contribution in [3.8, 4) is 0 Å². The molecule has 3 rings (SSSR count). The molecule has 2 unspecified atom stereocenters. The third kappa shape index (κ3) is 8.03. The number of rotatable bonds is 12. The average Bonchev–Trinajstić information content (AvgIpc) is 3.23. The number of alkyl halides is 2. The molecule has 2 aliphatic carbocycles. The molecular weight excluding hydrogens is 569 g/mol. The van der Waals surface area contributed by atoms with Crippen LogP contribution >= 0.6 is 23.2 Å². The van der Waals surface area contributed by atoms with Crippen molar-refractivity contribution in [1.29, 1.82) is 0 Å². The van der Waals surface area contributed by atoms with Gasteiger partial charge in [0, 0.05) is 30.5 Å². The second kappa shape index (κ2) is 13.6. The van der Waals surface area contributed by atoms with Crippen LogP contribution in [-0.4, -0.2) is 75.5 Å². The van der Waals surface area contributed by atoms with Crippen LogP contribution in [0.15, 0.2) is 25.3 Å². The first-order valence-corrected chi connectivity index (χ1v) is 15.1. The van der Waals surface area contributed by atoms with Crippen molar-refractivity contribution in [2.75, 3.05) is 13.1 Å². The third-order valence-corrected chi connectivity index (χ3v) is 9.03. The van der Waals surface area contributed by atoms with E-state index in [0.717, 1.165) is 32.1 Å². The Morgan fingerprint density at radius 1 is 1.02 bits per heavy atom. The molecule has 5 amide bonds. The Morgan fingerprint density at radius 2 is 1.68 bits per heavy atom. The van der Waals surface area contributed by atoms with E-state index in [9.17, 15) is 24.0 Å². The minimum Gasteiger partial charge on any atom is -0.346 e. The molecule has 0 radical (unpaired) electrons. The fourth-order valence-corrected chi connectivity index (χ4v) is 6.73. The van der Waals surface area contributed by atoms with Crippen molar-refractivity contribution in [2.45, 2.75) is 93.7 Å². The van der Waals surface area contributed by atoms with E-state index in [1.165, 1.54) is 11.0 Å². The molecule has 41 heavy (non-hydrogen) atoms. The summed E-state index contributed by atoms with van der Waals surface area (Å²) in [5.74, 6) is -3.62. The highest BCUT2D eigenvalue weighted by Crippen LogP contribution is 2.65. The fourth-order valence-electron chi connectivity index (χ4n) is 5.90. The number of likely N-dealkylation sites (tertiary alicyclic amines) is 1. The summed E-state index contributed by atoms with van der Waals surface area (Å²) < 4.78 is -1.20. The second-order valence-electron chi connectivity index (χ2n) is 12.3. The number of Topliss-reactive ketones (excluding diaryl/α,β-unsaturated/α-hetero) is 1. The van der Waals surface area contributed by atoms with E-state index in [0.29, 0.717) is 6.42 Å².